The third kappa shape index (κ3) is 4.20. The van der Waals surface area contributed by atoms with Crippen molar-refractivity contribution in [2.24, 2.45) is 5.16 Å². The fraction of sp³-hybridized carbons (Fsp3) is 0.391. The van der Waals surface area contributed by atoms with Gasteiger partial charge in [0, 0.05) is 37.5 Å². The Kier molecular flexibility index (Phi) is 5.53. The van der Waals surface area contributed by atoms with E-state index in [1.807, 2.05) is 49.1 Å². The van der Waals surface area contributed by atoms with Gasteiger partial charge in [0.2, 0.25) is 0 Å². The van der Waals surface area contributed by atoms with Gasteiger partial charge < -0.3 is 15.1 Å². The van der Waals surface area contributed by atoms with Crippen molar-refractivity contribution in [1.29, 1.82) is 0 Å². The number of benzene rings is 1. The summed E-state index contributed by atoms with van der Waals surface area (Å²) in [6.07, 6.45) is 5.40. The van der Waals surface area contributed by atoms with E-state index in [0.717, 1.165) is 29.5 Å². The first kappa shape index (κ1) is 20.1. The van der Waals surface area contributed by atoms with Crippen molar-refractivity contribution >= 4 is 17.5 Å². The van der Waals surface area contributed by atoms with Gasteiger partial charge in [-0.15, -0.1) is 0 Å². The summed E-state index contributed by atoms with van der Waals surface area (Å²) in [5, 5.41) is 6.93. The molecule has 4 rings (SSSR count). The van der Waals surface area contributed by atoms with E-state index in [4.69, 9.17) is 4.84 Å². The Hall–Kier alpha value is -3.22. The van der Waals surface area contributed by atoms with Gasteiger partial charge in [0.25, 0.3) is 11.8 Å². The minimum Gasteiger partial charge on any atom is -0.386 e. The third-order valence-electron chi connectivity index (χ3n) is 5.86. The zero-order valence-electron chi connectivity index (χ0n) is 17.4. The smallest absolute Gasteiger partial charge is 0.269 e. The van der Waals surface area contributed by atoms with Crippen LogP contribution in [0.5, 0.6) is 0 Å². The molecule has 0 unspecified atom stereocenters. The highest BCUT2D eigenvalue weighted by Crippen LogP contribution is 2.34. The Morgan fingerprint density at radius 1 is 1.23 bits per heavy atom. The SMILES string of the molecule is Cc1ccc(C(=O)N2CCC[C@@]3(CC(C(=O)NCc4cccnc4)=NO3)C2)cc1C. The fourth-order valence-electron chi connectivity index (χ4n) is 3.98. The van der Waals surface area contributed by atoms with Crippen molar-refractivity contribution in [3.8, 4) is 0 Å². The molecule has 2 aromatic rings. The molecule has 0 bridgehead atoms. The predicted octanol–water partition coefficient (Wildman–Crippen LogP) is 2.77. The number of hydrogen-bond acceptors (Lipinski definition) is 5. The highest BCUT2D eigenvalue weighted by molar-refractivity contribution is 6.39. The molecule has 1 aromatic heterocycles. The van der Waals surface area contributed by atoms with Crippen LogP contribution in [0.3, 0.4) is 0 Å². The van der Waals surface area contributed by atoms with E-state index < -0.39 is 5.60 Å². The molecule has 7 heteroatoms. The molecule has 1 spiro atoms. The third-order valence-corrected chi connectivity index (χ3v) is 5.86. The quantitative estimate of drug-likeness (QED) is 0.846. The summed E-state index contributed by atoms with van der Waals surface area (Å²) in [6.45, 7) is 5.54. The van der Waals surface area contributed by atoms with Crippen LogP contribution < -0.4 is 5.32 Å². The summed E-state index contributed by atoms with van der Waals surface area (Å²) in [4.78, 5) is 37.2. The van der Waals surface area contributed by atoms with Crippen molar-refractivity contribution in [2.75, 3.05) is 13.1 Å². The van der Waals surface area contributed by atoms with Crippen LogP contribution in [0, 0.1) is 13.8 Å². The number of pyridine rings is 1. The molecule has 0 saturated carbocycles. The van der Waals surface area contributed by atoms with Crippen LogP contribution in [0.2, 0.25) is 0 Å². The van der Waals surface area contributed by atoms with Crippen LogP contribution >= 0.6 is 0 Å². The summed E-state index contributed by atoms with van der Waals surface area (Å²) in [5.74, 6) is -0.247. The van der Waals surface area contributed by atoms with E-state index in [0.29, 0.717) is 37.3 Å². The van der Waals surface area contributed by atoms with Crippen molar-refractivity contribution in [2.45, 2.75) is 45.3 Å². The first-order valence-electron chi connectivity index (χ1n) is 10.2. The van der Waals surface area contributed by atoms with Gasteiger partial charge in [0.1, 0.15) is 5.71 Å². The number of nitrogens with zero attached hydrogens (tertiary/aromatic N) is 3. The maximum atomic E-state index is 13.0. The van der Waals surface area contributed by atoms with Gasteiger partial charge in [-0.2, -0.15) is 0 Å². The van der Waals surface area contributed by atoms with Gasteiger partial charge in [-0.1, -0.05) is 17.3 Å². The number of aryl methyl sites for hydroxylation is 2. The standard InChI is InChI=1S/C23H26N4O3/c1-16-6-7-19(11-17(16)2)22(29)27-10-4-8-23(15-27)12-20(26-30-23)21(28)25-14-18-5-3-9-24-13-18/h3,5-7,9,11,13H,4,8,10,12,14-15H2,1-2H3,(H,25,28)/t23-/m1/s1. The molecular weight excluding hydrogens is 380 g/mol. The number of nitrogens with one attached hydrogen (secondary N) is 1. The molecule has 1 saturated heterocycles. The summed E-state index contributed by atoms with van der Waals surface area (Å²) in [5.41, 5.74) is 3.62. The number of carbonyl (C=O) groups excluding carboxylic acids is 2. The van der Waals surface area contributed by atoms with Gasteiger partial charge in [-0.25, -0.2) is 0 Å². The van der Waals surface area contributed by atoms with Crippen LogP contribution in [-0.4, -0.2) is 46.1 Å². The van der Waals surface area contributed by atoms with Crippen molar-refractivity contribution < 1.29 is 14.4 Å². The zero-order valence-corrected chi connectivity index (χ0v) is 17.4. The van der Waals surface area contributed by atoms with Crippen LogP contribution in [0.4, 0.5) is 0 Å². The molecule has 30 heavy (non-hydrogen) atoms. The molecule has 1 fully saturated rings. The molecule has 1 atom stereocenters. The summed E-state index contributed by atoms with van der Waals surface area (Å²) >= 11 is 0. The van der Waals surface area contributed by atoms with E-state index in [-0.39, 0.29) is 11.8 Å². The Bertz CT molecular complexity index is 989. The summed E-state index contributed by atoms with van der Waals surface area (Å²) in [6, 6.07) is 9.51. The molecule has 2 aliphatic heterocycles. The van der Waals surface area contributed by atoms with Gasteiger partial charge >= 0.3 is 0 Å². The topological polar surface area (TPSA) is 83.9 Å². The molecule has 7 nitrogen and oxygen atoms in total. The first-order valence-corrected chi connectivity index (χ1v) is 10.2. The fourth-order valence-corrected chi connectivity index (χ4v) is 3.98. The zero-order chi connectivity index (χ0) is 21.1. The molecule has 1 N–H and O–H groups in total. The van der Waals surface area contributed by atoms with Crippen molar-refractivity contribution in [3.63, 3.8) is 0 Å². The number of oxime groups is 1. The molecule has 2 aliphatic rings. The second-order valence-electron chi connectivity index (χ2n) is 8.16. The number of hydrogen-bond donors (Lipinski definition) is 1. The van der Waals surface area contributed by atoms with Crippen molar-refractivity contribution in [1.82, 2.24) is 15.2 Å². The van der Waals surface area contributed by atoms with Crippen LogP contribution in [0.1, 0.15) is 46.3 Å². The Labute approximate surface area is 176 Å². The van der Waals surface area contributed by atoms with E-state index in [1.165, 1.54) is 0 Å². The first-order chi connectivity index (χ1) is 14.5. The molecule has 1 aromatic carbocycles. The van der Waals surface area contributed by atoms with E-state index >= 15 is 0 Å². The van der Waals surface area contributed by atoms with Crippen molar-refractivity contribution in [3.05, 3.63) is 65.0 Å². The number of likely N-dealkylation sites (tertiary alicyclic amines) is 1. The van der Waals surface area contributed by atoms with Crippen LogP contribution in [-0.2, 0) is 16.2 Å². The second-order valence-corrected chi connectivity index (χ2v) is 8.16. The number of rotatable bonds is 4. The minimum atomic E-state index is -0.616. The average Bonchev–Trinajstić information content (AvgIpc) is 3.17. The Morgan fingerprint density at radius 3 is 2.87 bits per heavy atom. The predicted molar refractivity (Wildman–Crippen MR) is 113 cm³/mol. The number of amides is 2. The van der Waals surface area contributed by atoms with E-state index in [9.17, 15) is 9.59 Å². The lowest BCUT2D eigenvalue weighted by molar-refractivity contribution is -0.115. The van der Waals surface area contributed by atoms with Crippen LogP contribution in [0.15, 0.2) is 47.9 Å². The molecule has 0 radical (unpaired) electrons. The summed E-state index contributed by atoms with van der Waals surface area (Å²) < 4.78 is 0. The average molecular weight is 406 g/mol. The number of piperidine rings is 1. The molecular formula is C23H26N4O3. The highest BCUT2D eigenvalue weighted by Gasteiger charge is 2.45. The maximum absolute atomic E-state index is 13.0. The lowest BCUT2D eigenvalue weighted by Crippen LogP contribution is -2.51. The Morgan fingerprint density at radius 2 is 2.10 bits per heavy atom. The lowest BCUT2D eigenvalue weighted by atomic mass is 9.87. The monoisotopic (exact) mass is 406 g/mol. The number of carbonyl (C=O) groups is 2. The maximum Gasteiger partial charge on any atom is 0.269 e. The lowest BCUT2D eigenvalue weighted by Gasteiger charge is -2.38. The largest absolute Gasteiger partial charge is 0.386 e. The second kappa shape index (κ2) is 8.26. The normalized spacial score (nSPS) is 20.6. The molecule has 3 heterocycles. The highest BCUT2D eigenvalue weighted by atomic mass is 16.7. The molecule has 2 amide bonds. The molecule has 156 valence electrons. The van der Waals surface area contributed by atoms with E-state index in [1.54, 1.807) is 12.4 Å². The van der Waals surface area contributed by atoms with Gasteiger partial charge in [0.05, 0.1) is 6.54 Å². The minimum absolute atomic E-state index is 0.00439. The molecule has 0 aliphatic carbocycles. The van der Waals surface area contributed by atoms with Gasteiger partial charge in [-0.05, 0) is 61.6 Å². The van der Waals surface area contributed by atoms with Gasteiger partial charge in [-0.3, -0.25) is 14.6 Å². The van der Waals surface area contributed by atoms with Gasteiger partial charge in [0.15, 0.2) is 5.60 Å². The summed E-state index contributed by atoms with van der Waals surface area (Å²) in [7, 11) is 0. The van der Waals surface area contributed by atoms with E-state index in [2.05, 4.69) is 15.5 Å². The van der Waals surface area contributed by atoms with Crippen LogP contribution in [0.25, 0.3) is 0 Å². The number of aromatic nitrogens is 1. The Balaban J connectivity index is 1.38.